The predicted molar refractivity (Wildman–Crippen MR) is 78.8 cm³/mol. The lowest BCUT2D eigenvalue weighted by atomic mass is 10.0. The maximum absolute atomic E-state index is 12.8. The van der Waals surface area contributed by atoms with Crippen molar-refractivity contribution >= 4 is 23.0 Å². The summed E-state index contributed by atoms with van der Waals surface area (Å²) in [6, 6.07) is 7.68. The van der Waals surface area contributed by atoms with Crippen LogP contribution in [0.2, 0.25) is 0 Å². The number of carbonyl (C=O) groups is 2. The Morgan fingerprint density at radius 2 is 2.09 bits per heavy atom. The van der Waals surface area contributed by atoms with Crippen molar-refractivity contribution in [3.63, 3.8) is 0 Å². The van der Waals surface area contributed by atoms with Crippen LogP contribution in [0.15, 0.2) is 30.5 Å². The number of carbonyl (C=O) groups excluding carboxylic acids is 2. The number of thiazole rings is 1. The summed E-state index contributed by atoms with van der Waals surface area (Å²) >= 11 is 1.13. The molecular formula is C15H12FN3O2S. The number of ketones is 1. The molecule has 1 amide bonds. The molecule has 0 aliphatic carbocycles. The fraction of sp³-hybridized carbons (Fsp3) is 0.200. The van der Waals surface area contributed by atoms with Crippen molar-refractivity contribution in [3.05, 3.63) is 51.7 Å². The van der Waals surface area contributed by atoms with Gasteiger partial charge in [0.05, 0.1) is 16.0 Å². The van der Waals surface area contributed by atoms with Crippen molar-refractivity contribution in [2.45, 2.75) is 6.42 Å². The summed E-state index contributed by atoms with van der Waals surface area (Å²) in [5, 5.41) is 11.9. The fourth-order valence-corrected chi connectivity index (χ4v) is 2.73. The second kappa shape index (κ2) is 6.91. The highest BCUT2D eigenvalue weighted by Crippen LogP contribution is 2.20. The Balaban J connectivity index is 2.14. The smallest absolute Gasteiger partial charge is 0.245 e. The molecule has 22 heavy (non-hydrogen) atoms. The second-order valence-corrected chi connectivity index (χ2v) is 5.58. The van der Waals surface area contributed by atoms with Crippen molar-refractivity contribution in [1.29, 1.82) is 5.26 Å². The van der Waals surface area contributed by atoms with Gasteiger partial charge in [-0.1, -0.05) is 12.1 Å². The average molecular weight is 317 g/mol. The highest BCUT2D eigenvalue weighted by atomic mass is 32.1. The normalized spacial score (nSPS) is 11.5. The molecule has 1 N–H and O–H groups in total. The zero-order valence-corrected chi connectivity index (χ0v) is 12.5. The minimum atomic E-state index is -1.37. The van der Waals surface area contributed by atoms with E-state index < -0.39 is 17.6 Å². The van der Waals surface area contributed by atoms with Gasteiger partial charge in [-0.05, 0) is 17.7 Å². The van der Waals surface area contributed by atoms with Crippen LogP contribution < -0.4 is 5.32 Å². The van der Waals surface area contributed by atoms with Crippen LogP contribution in [0.5, 0.6) is 0 Å². The highest BCUT2D eigenvalue weighted by molar-refractivity contribution is 7.13. The third-order valence-electron chi connectivity index (χ3n) is 2.96. The molecule has 2 aromatic rings. The fourth-order valence-electron chi connectivity index (χ4n) is 1.81. The number of aromatic nitrogens is 1. The van der Waals surface area contributed by atoms with E-state index in [2.05, 4.69) is 10.3 Å². The van der Waals surface area contributed by atoms with E-state index in [9.17, 15) is 14.0 Å². The first kappa shape index (κ1) is 15.8. The van der Waals surface area contributed by atoms with Crippen LogP contribution in [0.4, 0.5) is 4.39 Å². The van der Waals surface area contributed by atoms with Gasteiger partial charge in [-0.3, -0.25) is 9.59 Å². The molecule has 0 aliphatic rings. The predicted octanol–water partition coefficient (Wildman–Crippen LogP) is 1.94. The number of nitrogens with one attached hydrogen (secondary N) is 1. The molecule has 1 aromatic heterocycles. The molecule has 0 spiro atoms. The molecule has 112 valence electrons. The number of nitriles is 1. The first-order valence-corrected chi connectivity index (χ1v) is 7.21. The standard InChI is InChI=1S/C15H12FN3O2S/c1-18-15(21)11(7-17)14(20)12-8-19-13(22-12)6-9-2-4-10(16)5-3-9/h2-5,8,11H,6H2,1H3,(H,18,21). The van der Waals surface area contributed by atoms with Crippen molar-refractivity contribution in [2.24, 2.45) is 5.92 Å². The van der Waals surface area contributed by atoms with Crippen LogP contribution >= 0.6 is 11.3 Å². The quantitative estimate of drug-likeness (QED) is 0.675. The molecule has 0 saturated carbocycles. The minimum Gasteiger partial charge on any atom is -0.358 e. The maximum Gasteiger partial charge on any atom is 0.245 e. The van der Waals surface area contributed by atoms with Crippen LogP contribution in [-0.4, -0.2) is 23.7 Å². The molecule has 7 heteroatoms. The second-order valence-electron chi connectivity index (χ2n) is 4.46. The largest absolute Gasteiger partial charge is 0.358 e. The third kappa shape index (κ3) is 3.54. The SMILES string of the molecule is CNC(=O)C(C#N)C(=O)c1cnc(Cc2ccc(F)cc2)s1. The molecule has 1 atom stereocenters. The molecule has 1 heterocycles. The van der Waals surface area contributed by atoms with Crippen molar-refractivity contribution in [2.75, 3.05) is 7.05 Å². The first-order valence-electron chi connectivity index (χ1n) is 6.39. The third-order valence-corrected chi connectivity index (χ3v) is 3.98. The summed E-state index contributed by atoms with van der Waals surface area (Å²) in [6.07, 6.45) is 1.81. The van der Waals surface area contributed by atoms with Crippen molar-refractivity contribution in [3.8, 4) is 6.07 Å². The molecule has 0 radical (unpaired) electrons. The van der Waals surface area contributed by atoms with E-state index in [0.29, 0.717) is 11.4 Å². The number of nitrogens with zero attached hydrogens (tertiary/aromatic N) is 2. The van der Waals surface area contributed by atoms with Crippen molar-refractivity contribution < 1.29 is 14.0 Å². The average Bonchev–Trinajstić information content (AvgIpc) is 2.98. The summed E-state index contributed by atoms with van der Waals surface area (Å²) in [4.78, 5) is 28.0. The van der Waals surface area contributed by atoms with Gasteiger partial charge in [-0.2, -0.15) is 5.26 Å². The summed E-state index contributed by atoms with van der Waals surface area (Å²) in [6.45, 7) is 0. The topological polar surface area (TPSA) is 82.9 Å². The molecule has 1 unspecified atom stereocenters. The number of hydrogen-bond donors (Lipinski definition) is 1. The van der Waals surface area contributed by atoms with Gasteiger partial charge < -0.3 is 5.32 Å². The lowest BCUT2D eigenvalue weighted by molar-refractivity contribution is -0.121. The number of rotatable bonds is 5. The number of Topliss-reactive ketones (excluding diaryl/α,β-unsaturated/α-hetero) is 1. The highest BCUT2D eigenvalue weighted by Gasteiger charge is 2.28. The van der Waals surface area contributed by atoms with E-state index in [-0.39, 0.29) is 10.7 Å². The summed E-state index contributed by atoms with van der Waals surface area (Å²) < 4.78 is 12.8. The summed E-state index contributed by atoms with van der Waals surface area (Å²) in [5.74, 6) is -2.89. The Bertz CT molecular complexity index is 734. The molecule has 0 fully saturated rings. The maximum atomic E-state index is 12.8. The molecule has 2 rings (SSSR count). The van der Waals surface area contributed by atoms with Crippen LogP contribution in [0.1, 0.15) is 20.2 Å². The van der Waals surface area contributed by atoms with Crippen LogP contribution in [-0.2, 0) is 11.2 Å². The van der Waals surface area contributed by atoms with Crippen LogP contribution in [0.3, 0.4) is 0 Å². The Hall–Kier alpha value is -2.59. The molecule has 1 aromatic carbocycles. The number of hydrogen-bond acceptors (Lipinski definition) is 5. The lowest BCUT2D eigenvalue weighted by Crippen LogP contribution is -2.31. The van der Waals surface area contributed by atoms with Crippen molar-refractivity contribution in [1.82, 2.24) is 10.3 Å². The van der Waals surface area contributed by atoms with Gasteiger partial charge >= 0.3 is 0 Å². The van der Waals surface area contributed by atoms with E-state index in [1.165, 1.54) is 25.4 Å². The Morgan fingerprint density at radius 1 is 1.41 bits per heavy atom. The van der Waals surface area contributed by atoms with Gasteiger partial charge in [0.15, 0.2) is 5.92 Å². The number of halogens is 1. The van der Waals surface area contributed by atoms with E-state index >= 15 is 0 Å². The Labute approximate surface area is 130 Å². The van der Waals surface area contributed by atoms with E-state index in [0.717, 1.165) is 16.9 Å². The monoisotopic (exact) mass is 317 g/mol. The Kier molecular flexibility index (Phi) is 4.96. The summed E-state index contributed by atoms with van der Waals surface area (Å²) in [5.41, 5.74) is 0.859. The van der Waals surface area contributed by atoms with E-state index in [1.54, 1.807) is 18.2 Å². The lowest BCUT2D eigenvalue weighted by Gasteiger charge is -2.03. The van der Waals surface area contributed by atoms with E-state index in [4.69, 9.17) is 5.26 Å². The van der Waals surface area contributed by atoms with Gasteiger partial charge in [0.25, 0.3) is 0 Å². The molecule has 0 aliphatic heterocycles. The number of amides is 1. The van der Waals surface area contributed by atoms with Crippen LogP contribution in [0.25, 0.3) is 0 Å². The molecular weight excluding hydrogens is 305 g/mol. The Morgan fingerprint density at radius 3 is 2.68 bits per heavy atom. The minimum absolute atomic E-state index is 0.257. The van der Waals surface area contributed by atoms with Crippen LogP contribution in [0, 0.1) is 23.1 Å². The number of benzene rings is 1. The zero-order valence-electron chi connectivity index (χ0n) is 11.7. The van der Waals surface area contributed by atoms with Gasteiger partial charge in [-0.15, -0.1) is 11.3 Å². The van der Waals surface area contributed by atoms with Gasteiger partial charge in [0.1, 0.15) is 5.82 Å². The van der Waals surface area contributed by atoms with Gasteiger partial charge in [0, 0.05) is 19.7 Å². The van der Waals surface area contributed by atoms with Gasteiger partial charge in [-0.25, -0.2) is 9.37 Å². The summed E-state index contributed by atoms with van der Waals surface area (Å²) in [7, 11) is 1.37. The first-order chi connectivity index (χ1) is 10.5. The molecule has 0 saturated heterocycles. The molecule has 0 bridgehead atoms. The van der Waals surface area contributed by atoms with E-state index in [1.807, 2.05) is 0 Å². The molecule has 5 nitrogen and oxygen atoms in total. The van der Waals surface area contributed by atoms with Gasteiger partial charge in [0.2, 0.25) is 11.7 Å². The zero-order chi connectivity index (χ0) is 16.1.